The summed E-state index contributed by atoms with van der Waals surface area (Å²) in [5, 5.41) is 10.6. The van der Waals surface area contributed by atoms with Gasteiger partial charge in [-0.15, -0.1) is 5.10 Å². The molecule has 0 bridgehead atoms. The molecule has 1 atom stereocenters. The molecule has 2 aromatic carbocycles. The molecule has 0 unspecified atom stereocenters. The number of carbonyl (C=O) groups is 2. The number of aryl methyl sites for hydroxylation is 1. The van der Waals surface area contributed by atoms with E-state index >= 15 is 0 Å². The molecule has 8 nitrogen and oxygen atoms in total. The fourth-order valence-electron chi connectivity index (χ4n) is 3.52. The zero-order chi connectivity index (χ0) is 21.8. The maximum atomic E-state index is 12.5. The van der Waals surface area contributed by atoms with Crippen molar-refractivity contribution in [2.24, 2.45) is 0 Å². The minimum atomic E-state index is -0.323. The van der Waals surface area contributed by atoms with E-state index in [1.807, 2.05) is 43.3 Å². The molecule has 1 N–H and O–H groups in total. The Bertz CT molecular complexity index is 1060. The van der Waals surface area contributed by atoms with Gasteiger partial charge in [-0.05, 0) is 55.3 Å². The smallest absolute Gasteiger partial charge is 0.322 e. The van der Waals surface area contributed by atoms with Crippen LogP contribution in [-0.4, -0.2) is 35.2 Å². The molecule has 1 aliphatic heterocycles. The van der Waals surface area contributed by atoms with Gasteiger partial charge in [-0.3, -0.25) is 14.9 Å². The largest absolute Gasteiger partial charge is 0.494 e. The third-order valence-electron chi connectivity index (χ3n) is 5.22. The second-order valence-electron chi connectivity index (χ2n) is 7.28. The van der Waals surface area contributed by atoms with E-state index in [0.717, 1.165) is 23.4 Å². The van der Waals surface area contributed by atoms with Crippen LogP contribution < -0.4 is 15.0 Å². The number of ether oxygens (including phenoxy) is 1. The number of nitrogens with zero attached hydrogens (tertiary/aromatic N) is 3. The first kappa shape index (κ1) is 20.6. The molecule has 31 heavy (non-hydrogen) atoms. The highest BCUT2D eigenvalue weighted by atomic mass is 16.5. The normalized spacial score (nSPS) is 15.9. The molecule has 0 radical (unpaired) electrons. The fourth-order valence-corrected chi connectivity index (χ4v) is 3.52. The van der Waals surface area contributed by atoms with E-state index in [1.165, 1.54) is 0 Å². The van der Waals surface area contributed by atoms with Crippen LogP contribution in [0.25, 0.3) is 0 Å². The van der Waals surface area contributed by atoms with E-state index < -0.39 is 0 Å². The number of benzene rings is 2. The van der Waals surface area contributed by atoms with Gasteiger partial charge in [0.15, 0.2) is 0 Å². The molecule has 0 spiro atoms. The number of hydrogen-bond acceptors (Lipinski definition) is 6. The molecule has 3 aromatic rings. The summed E-state index contributed by atoms with van der Waals surface area (Å²) in [5.74, 6) is 0.515. The van der Waals surface area contributed by atoms with Gasteiger partial charge in [0.2, 0.25) is 11.8 Å². The van der Waals surface area contributed by atoms with Crippen molar-refractivity contribution < 1.29 is 18.7 Å². The summed E-state index contributed by atoms with van der Waals surface area (Å²) in [4.78, 5) is 26.6. The van der Waals surface area contributed by atoms with E-state index in [9.17, 15) is 9.59 Å². The zero-order valence-electron chi connectivity index (χ0n) is 17.5. The Kier molecular flexibility index (Phi) is 5.97. The topological polar surface area (TPSA) is 97.6 Å². The Morgan fingerprint density at radius 3 is 2.55 bits per heavy atom. The summed E-state index contributed by atoms with van der Waals surface area (Å²) in [6.45, 7) is 5.00. The number of hydrogen-bond donors (Lipinski definition) is 1. The van der Waals surface area contributed by atoms with E-state index in [-0.39, 0.29) is 30.2 Å². The van der Waals surface area contributed by atoms with Crippen molar-refractivity contribution in [1.29, 1.82) is 0 Å². The van der Waals surface area contributed by atoms with Gasteiger partial charge in [0, 0.05) is 24.2 Å². The molecule has 1 saturated heterocycles. The van der Waals surface area contributed by atoms with Crippen LogP contribution >= 0.6 is 0 Å². The Morgan fingerprint density at radius 2 is 1.87 bits per heavy atom. The van der Waals surface area contributed by atoms with Crippen molar-refractivity contribution in [3.63, 3.8) is 0 Å². The molecule has 4 rings (SSSR count). The third-order valence-corrected chi connectivity index (χ3v) is 5.22. The van der Waals surface area contributed by atoms with Crippen molar-refractivity contribution >= 4 is 23.5 Å². The summed E-state index contributed by atoms with van der Waals surface area (Å²) >= 11 is 0. The molecule has 0 saturated carbocycles. The highest BCUT2D eigenvalue weighted by molar-refractivity contribution is 6.03. The number of anilines is 2. The van der Waals surface area contributed by atoms with Gasteiger partial charge in [-0.25, -0.2) is 0 Å². The van der Waals surface area contributed by atoms with Crippen LogP contribution in [0.15, 0.2) is 52.9 Å². The minimum Gasteiger partial charge on any atom is -0.494 e. The molecule has 2 amide bonds. The maximum Gasteiger partial charge on any atom is 0.322 e. The molecule has 160 valence electrons. The van der Waals surface area contributed by atoms with Gasteiger partial charge in [0.05, 0.1) is 12.5 Å². The fraction of sp³-hybridized carbons (Fsp3) is 0.304. The summed E-state index contributed by atoms with van der Waals surface area (Å²) in [5.41, 5.74) is 2.45. The van der Waals surface area contributed by atoms with Crippen LogP contribution in [0.3, 0.4) is 0 Å². The highest BCUT2D eigenvalue weighted by Gasteiger charge is 2.35. The van der Waals surface area contributed by atoms with Gasteiger partial charge >= 0.3 is 6.01 Å². The molecule has 1 fully saturated rings. The number of carbonyl (C=O) groups excluding carboxylic acids is 2. The second kappa shape index (κ2) is 8.99. The average molecular weight is 420 g/mol. The second-order valence-corrected chi connectivity index (χ2v) is 7.28. The number of amides is 2. The summed E-state index contributed by atoms with van der Waals surface area (Å²) in [6, 6.07) is 14.8. The van der Waals surface area contributed by atoms with Gasteiger partial charge < -0.3 is 14.1 Å². The average Bonchev–Trinajstić information content (AvgIpc) is 3.41. The molecule has 0 aliphatic carbocycles. The van der Waals surface area contributed by atoms with Crippen molar-refractivity contribution in [3.8, 4) is 5.75 Å². The lowest BCUT2D eigenvalue weighted by Crippen LogP contribution is -2.24. The van der Waals surface area contributed by atoms with E-state index in [2.05, 4.69) is 22.4 Å². The minimum absolute atomic E-state index is 0.0195. The van der Waals surface area contributed by atoms with Gasteiger partial charge in [-0.2, -0.15) is 0 Å². The van der Waals surface area contributed by atoms with Crippen molar-refractivity contribution in [3.05, 3.63) is 65.5 Å². The van der Waals surface area contributed by atoms with Gasteiger partial charge in [0.1, 0.15) is 5.75 Å². The number of nitrogens with one attached hydrogen (secondary N) is 1. The Balaban J connectivity index is 1.40. The maximum absolute atomic E-state index is 12.5. The van der Waals surface area contributed by atoms with E-state index in [1.54, 1.807) is 17.0 Å². The van der Waals surface area contributed by atoms with Crippen LogP contribution in [0.2, 0.25) is 0 Å². The lowest BCUT2D eigenvalue weighted by atomic mass is 10.1. The van der Waals surface area contributed by atoms with Crippen molar-refractivity contribution in [2.75, 3.05) is 23.4 Å². The first-order chi connectivity index (χ1) is 15.1. The summed E-state index contributed by atoms with van der Waals surface area (Å²) < 4.78 is 11.1. The molecular formula is C23H24N4O4. The molecule has 8 heteroatoms. The van der Waals surface area contributed by atoms with Crippen molar-refractivity contribution in [1.82, 2.24) is 10.2 Å². The highest BCUT2D eigenvalue weighted by Crippen LogP contribution is 2.32. The number of aromatic nitrogens is 2. The Morgan fingerprint density at radius 1 is 1.13 bits per heavy atom. The molecule has 1 aromatic heterocycles. The predicted octanol–water partition coefficient (Wildman–Crippen LogP) is 3.80. The van der Waals surface area contributed by atoms with Gasteiger partial charge in [0.25, 0.3) is 5.91 Å². The van der Waals surface area contributed by atoms with E-state index in [0.29, 0.717) is 24.6 Å². The van der Waals surface area contributed by atoms with Crippen LogP contribution in [0.4, 0.5) is 11.7 Å². The van der Waals surface area contributed by atoms with E-state index in [4.69, 9.17) is 9.15 Å². The quantitative estimate of drug-likeness (QED) is 0.624. The molecular weight excluding hydrogens is 396 g/mol. The first-order valence-electron chi connectivity index (χ1n) is 10.3. The predicted molar refractivity (Wildman–Crippen MR) is 115 cm³/mol. The molecule has 2 heterocycles. The number of rotatable bonds is 7. The van der Waals surface area contributed by atoms with Crippen LogP contribution in [0.5, 0.6) is 5.75 Å². The summed E-state index contributed by atoms with van der Waals surface area (Å²) in [6.07, 6.45) is 1.17. The SMILES string of the molecule is CCOc1ccc(N2C[C@H](c3nnc(NC(=O)c4ccc(CC)cc4)o3)CC2=O)cc1. The monoisotopic (exact) mass is 420 g/mol. The summed E-state index contributed by atoms with van der Waals surface area (Å²) in [7, 11) is 0. The Labute approximate surface area is 180 Å². The van der Waals surface area contributed by atoms with Crippen LogP contribution in [-0.2, 0) is 11.2 Å². The van der Waals surface area contributed by atoms with Crippen molar-refractivity contribution in [2.45, 2.75) is 32.6 Å². The third kappa shape index (κ3) is 4.58. The first-order valence-corrected chi connectivity index (χ1v) is 10.3. The Hall–Kier alpha value is -3.68. The lowest BCUT2D eigenvalue weighted by molar-refractivity contribution is -0.117. The lowest BCUT2D eigenvalue weighted by Gasteiger charge is -2.16. The standard InChI is InChI=1S/C23H24N4O4/c1-3-15-5-7-16(8-6-15)21(29)24-23-26-25-22(31-23)17-13-20(28)27(14-17)18-9-11-19(12-10-18)30-4-2/h5-12,17H,3-4,13-14H2,1-2H3,(H,24,26,29)/t17-/m1/s1. The zero-order valence-corrected chi connectivity index (χ0v) is 17.5. The van der Waals surface area contributed by atoms with Crippen LogP contribution in [0, 0.1) is 0 Å². The van der Waals surface area contributed by atoms with Gasteiger partial charge in [-0.1, -0.05) is 24.2 Å². The van der Waals surface area contributed by atoms with Crippen LogP contribution in [0.1, 0.15) is 48.0 Å². The molecule has 1 aliphatic rings.